The molecule has 0 aliphatic heterocycles. The highest BCUT2D eigenvalue weighted by Crippen LogP contribution is 2.13. The predicted octanol–water partition coefficient (Wildman–Crippen LogP) is 2.46. The number of carbonyl (C=O) groups is 1. The van der Waals surface area contributed by atoms with Crippen molar-refractivity contribution >= 4 is 5.97 Å². The highest BCUT2D eigenvalue weighted by molar-refractivity contribution is 5.90. The van der Waals surface area contributed by atoms with Crippen LogP contribution in [0.3, 0.4) is 0 Å². The van der Waals surface area contributed by atoms with Crippen LogP contribution in [0.1, 0.15) is 36.7 Å². The van der Waals surface area contributed by atoms with Crippen LogP contribution < -0.4 is 0 Å². The summed E-state index contributed by atoms with van der Waals surface area (Å²) in [6.45, 7) is 6.44. The van der Waals surface area contributed by atoms with Gasteiger partial charge in [-0.25, -0.2) is 4.79 Å². The van der Waals surface area contributed by atoms with Crippen LogP contribution in [0.5, 0.6) is 0 Å². The normalized spacial score (nSPS) is 10.4. The summed E-state index contributed by atoms with van der Waals surface area (Å²) in [6, 6.07) is 1.88. The minimum atomic E-state index is -0.277. The number of carbonyl (C=O) groups excluding carboxylic acids is 1. The zero-order valence-corrected chi connectivity index (χ0v) is 9.49. The van der Waals surface area contributed by atoms with E-state index in [0.29, 0.717) is 18.1 Å². The molecule has 0 saturated carbocycles. The number of hydrogen-bond donors (Lipinski definition) is 0. The average molecular weight is 207 g/mol. The van der Waals surface area contributed by atoms with Crippen molar-refractivity contribution in [1.82, 2.24) is 4.98 Å². The van der Waals surface area contributed by atoms with Crippen LogP contribution in [0, 0.1) is 5.92 Å². The smallest absolute Gasteiger partial charge is 0.339 e. The molecular formula is C12H17NO2. The number of esters is 1. The Morgan fingerprint density at radius 3 is 2.87 bits per heavy atom. The van der Waals surface area contributed by atoms with Crippen LogP contribution in [-0.4, -0.2) is 17.6 Å². The number of rotatable bonds is 4. The molecule has 0 bridgehead atoms. The fraction of sp³-hybridized carbons (Fsp3) is 0.500. The molecule has 0 aliphatic rings. The summed E-state index contributed by atoms with van der Waals surface area (Å²) in [7, 11) is 0. The summed E-state index contributed by atoms with van der Waals surface area (Å²) in [5.74, 6) is 0.238. The van der Waals surface area contributed by atoms with Crippen molar-refractivity contribution in [2.45, 2.75) is 27.2 Å². The minimum absolute atomic E-state index is 0.277. The van der Waals surface area contributed by atoms with Crippen molar-refractivity contribution in [2.75, 3.05) is 6.61 Å². The summed E-state index contributed by atoms with van der Waals surface area (Å²) < 4.78 is 4.97. The van der Waals surface area contributed by atoms with Gasteiger partial charge in [0, 0.05) is 12.4 Å². The number of aromatic nitrogens is 1. The summed E-state index contributed by atoms with van der Waals surface area (Å²) in [6.07, 6.45) is 4.16. The first-order valence-corrected chi connectivity index (χ1v) is 5.25. The lowest BCUT2D eigenvalue weighted by atomic mass is 10.00. The molecule has 0 amide bonds. The Bertz CT molecular complexity index is 334. The second-order valence-corrected chi connectivity index (χ2v) is 3.85. The molecule has 15 heavy (non-hydrogen) atoms. The van der Waals surface area contributed by atoms with Crippen LogP contribution in [0.4, 0.5) is 0 Å². The van der Waals surface area contributed by atoms with Crippen LogP contribution in [0.25, 0.3) is 0 Å². The van der Waals surface area contributed by atoms with Crippen molar-refractivity contribution in [3.63, 3.8) is 0 Å². The zero-order chi connectivity index (χ0) is 11.3. The van der Waals surface area contributed by atoms with E-state index >= 15 is 0 Å². The van der Waals surface area contributed by atoms with Crippen molar-refractivity contribution < 1.29 is 9.53 Å². The number of ether oxygens (including phenoxy) is 1. The van der Waals surface area contributed by atoms with Gasteiger partial charge in [0.2, 0.25) is 0 Å². The van der Waals surface area contributed by atoms with Gasteiger partial charge in [-0.1, -0.05) is 13.8 Å². The van der Waals surface area contributed by atoms with Gasteiger partial charge in [-0.3, -0.25) is 4.98 Å². The van der Waals surface area contributed by atoms with E-state index in [1.54, 1.807) is 19.3 Å². The summed E-state index contributed by atoms with van der Waals surface area (Å²) in [5, 5.41) is 0. The summed E-state index contributed by atoms with van der Waals surface area (Å²) in [4.78, 5) is 15.5. The van der Waals surface area contributed by atoms with Gasteiger partial charge >= 0.3 is 5.97 Å². The lowest BCUT2D eigenvalue weighted by Crippen LogP contribution is -2.10. The Morgan fingerprint density at radius 2 is 2.27 bits per heavy atom. The first kappa shape index (κ1) is 11.7. The Labute approximate surface area is 90.5 Å². The molecule has 0 aliphatic carbocycles. The number of hydrogen-bond acceptors (Lipinski definition) is 3. The maximum atomic E-state index is 11.6. The minimum Gasteiger partial charge on any atom is -0.462 e. The molecule has 82 valence electrons. The van der Waals surface area contributed by atoms with Gasteiger partial charge in [0.25, 0.3) is 0 Å². The third kappa shape index (κ3) is 3.35. The van der Waals surface area contributed by atoms with E-state index in [-0.39, 0.29) is 5.97 Å². The maximum absolute atomic E-state index is 11.6. The topological polar surface area (TPSA) is 39.2 Å². The molecule has 3 nitrogen and oxygen atoms in total. The molecule has 1 rings (SSSR count). The molecular weight excluding hydrogens is 190 g/mol. The van der Waals surface area contributed by atoms with E-state index < -0.39 is 0 Å². The van der Waals surface area contributed by atoms with Gasteiger partial charge < -0.3 is 4.74 Å². The van der Waals surface area contributed by atoms with Crippen LogP contribution in [0.2, 0.25) is 0 Å². The van der Waals surface area contributed by atoms with E-state index in [2.05, 4.69) is 18.8 Å². The Kier molecular flexibility index (Phi) is 4.28. The molecule has 0 radical (unpaired) electrons. The quantitative estimate of drug-likeness (QED) is 0.712. The number of pyridine rings is 1. The van der Waals surface area contributed by atoms with Crippen LogP contribution in [-0.2, 0) is 11.2 Å². The van der Waals surface area contributed by atoms with Crippen molar-refractivity contribution in [3.05, 3.63) is 29.6 Å². The molecule has 0 fully saturated rings. The zero-order valence-electron chi connectivity index (χ0n) is 9.49. The van der Waals surface area contributed by atoms with Crippen LogP contribution in [0.15, 0.2) is 18.5 Å². The van der Waals surface area contributed by atoms with E-state index in [4.69, 9.17) is 4.74 Å². The average Bonchev–Trinajstić information content (AvgIpc) is 2.18. The Hall–Kier alpha value is -1.38. The van der Waals surface area contributed by atoms with Crippen molar-refractivity contribution in [2.24, 2.45) is 5.92 Å². The largest absolute Gasteiger partial charge is 0.462 e. The standard InChI is InChI=1S/C12H17NO2/c1-4-15-12(14)11-8-13-6-5-10(11)7-9(2)3/h5-6,8-9H,4,7H2,1-3H3. The molecule has 1 heterocycles. The molecule has 1 aromatic heterocycles. The molecule has 3 heteroatoms. The maximum Gasteiger partial charge on any atom is 0.339 e. The fourth-order valence-electron chi connectivity index (χ4n) is 1.43. The first-order valence-electron chi connectivity index (χ1n) is 5.25. The first-order chi connectivity index (χ1) is 7.15. The van der Waals surface area contributed by atoms with Crippen molar-refractivity contribution in [3.8, 4) is 0 Å². The monoisotopic (exact) mass is 207 g/mol. The second kappa shape index (κ2) is 5.49. The van der Waals surface area contributed by atoms with Gasteiger partial charge in [0.05, 0.1) is 12.2 Å². The van der Waals surface area contributed by atoms with Gasteiger partial charge in [0.15, 0.2) is 0 Å². The molecule has 0 unspecified atom stereocenters. The molecule has 0 spiro atoms. The summed E-state index contributed by atoms with van der Waals surface area (Å²) >= 11 is 0. The highest BCUT2D eigenvalue weighted by Gasteiger charge is 2.12. The lowest BCUT2D eigenvalue weighted by molar-refractivity contribution is 0.0524. The van der Waals surface area contributed by atoms with Crippen molar-refractivity contribution in [1.29, 1.82) is 0 Å². The molecule has 0 N–H and O–H groups in total. The van der Waals surface area contributed by atoms with E-state index in [0.717, 1.165) is 12.0 Å². The van der Waals surface area contributed by atoms with Gasteiger partial charge in [-0.05, 0) is 30.9 Å². The number of nitrogens with zero attached hydrogens (tertiary/aromatic N) is 1. The van der Waals surface area contributed by atoms with Gasteiger partial charge in [-0.15, -0.1) is 0 Å². The third-order valence-electron chi connectivity index (χ3n) is 2.03. The Morgan fingerprint density at radius 1 is 1.53 bits per heavy atom. The molecule has 0 atom stereocenters. The van der Waals surface area contributed by atoms with Crippen LogP contribution >= 0.6 is 0 Å². The molecule has 0 aromatic carbocycles. The van der Waals surface area contributed by atoms with Gasteiger partial charge in [0.1, 0.15) is 0 Å². The molecule has 1 aromatic rings. The predicted molar refractivity (Wildman–Crippen MR) is 58.7 cm³/mol. The Balaban J connectivity index is 2.90. The van der Waals surface area contributed by atoms with E-state index in [9.17, 15) is 4.79 Å². The van der Waals surface area contributed by atoms with E-state index in [1.807, 2.05) is 6.07 Å². The lowest BCUT2D eigenvalue weighted by Gasteiger charge is -2.09. The fourth-order valence-corrected chi connectivity index (χ4v) is 1.43. The highest BCUT2D eigenvalue weighted by atomic mass is 16.5. The summed E-state index contributed by atoms with van der Waals surface area (Å²) in [5.41, 5.74) is 1.60. The van der Waals surface area contributed by atoms with E-state index in [1.165, 1.54) is 0 Å². The third-order valence-corrected chi connectivity index (χ3v) is 2.03. The SMILES string of the molecule is CCOC(=O)c1cnccc1CC(C)C. The van der Waals surface area contributed by atoms with Gasteiger partial charge in [-0.2, -0.15) is 0 Å². The molecule has 0 saturated heterocycles. The second-order valence-electron chi connectivity index (χ2n) is 3.85.